The maximum atomic E-state index is 11.3. The van der Waals surface area contributed by atoms with Gasteiger partial charge in [0.15, 0.2) is 0 Å². The number of nitrogens with zero attached hydrogens (tertiary/aromatic N) is 2. The first-order valence-electron chi connectivity index (χ1n) is 7.55. The Bertz CT molecular complexity index is 615. The van der Waals surface area contributed by atoms with Gasteiger partial charge >= 0.3 is 6.03 Å². The van der Waals surface area contributed by atoms with Gasteiger partial charge in [-0.1, -0.05) is 41.9 Å². The minimum absolute atomic E-state index is 0. The number of carbonyl (C=O) groups excluding carboxylic acids is 2. The summed E-state index contributed by atoms with van der Waals surface area (Å²) in [4.78, 5) is 30.0. The molecule has 3 N–H and O–H groups in total. The Hall–Kier alpha value is -1.66. The monoisotopic (exact) mass is 494 g/mol. The molecule has 3 amide bonds. The molecule has 0 fully saturated rings. The summed E-state index contributed by atoms with van der Waals surface area (Å²) in [5.74, 6) is -0.375. The zero-order valence-corrected chi connectivity index (χ0v) is 17.4. The zero-order chi connectivity index (χ0) is 18.0. The van der Waals surface area contributed by atoms with Crippen LogP contribution in [0.4, 0.5) is 4.79 Å². The van der Waals surface area contributed by atoms with E-state index in [1.807, 2.05) is 55.6 Å². The van der Waals surface area contributed by atoms with Crippen LogP contribution in [0.2, 0.25) is 0 Å². The number of hydrogen-bond donors (Lipinski definition) is 2. The SMILES string of the molecule is CCC(Br)(CC)C(=O)NC(N)=O.[Ru].c1ccc(-c2ccccn2)nc1. The Labute approximate surface area is 168 Å². The van der Waals surface area contributed by atoms with Crippen molar-refractivity contribution in [3.63, 3.8) is 0 Å². The van der Waals surface area contributed by atoms with E-state index in [9.17, 15) is 9.59 Å². The summed E-state index contributed by atoms with van der Waals surface area (Å²) in [6.45, 7) is 3.72. The van der Waals surface area contributed by atoms with E-state index in [0.717, 1.165) is 11.4 Å². The molecular formula is C17H21BrN4O2Ru. The Balaban J connectivity index is 0.000000443. The van der Waals surface area contributed by atoms with Crippen molar-refractivity contribution in [3.05, 3.63) is 48.8 Å². The molecule has 0 spiro atoms. The van der Waals surface area contributed by atoms with Crippen molar-refractivity contribution in [2.75, 3.05) is 0 Å². The van der Waals surface area contributed by atoms with E-state index >= 15 is 0 Å². The van der Waals surface area contributed by atoms with Crippen molar-refractivity contribution in [2.45, 2.75) is 31.0 Å². The second kappa shape index (κ2) is 11.8. The summed E-state index contributed by atoms with van der Waals surface area (Å²) in [7, 11) is 0. The third-order valence-electron chi connectivity index (χ3n) is 3.36. The van der Waals surface area contributed by atoms with Gasteiger partial charge in [0.2, 0.25) is 5.91 Å². The van der Waals surface area contributed by atoms with Crippen molar-refractivity contribution in [2.24, 2.45) is 5.73 Å². The standard InChI is InChI=1S/C10H8N2.C7H13BrN2O2.Ru/c1-3-7-11-9(5-1)10-6-2-4-8-12-10;1-3-7(8,4-2)5(11)10-6(9)12;/h1-8H;3-4H2,1-2H3,(H3,9,10,11,12);. The van der Waals surface area contributed by atoms with Crippen LogP contribution in [0.5, 0.6) is 0 Å². The van der Waals surface area contributed by atoms with Crippen LogP contribution < -0.4 is 11.1 Å². The molecule has 0 radical (unpaired) electrons. The number of alkyl halides is 1. The number of hydrogen-bond acceptors (Lipinski definition) is 4. The van der Waals surface area contributed by atoms with Gasteiger partial charge in [-0.15, -0.1) is 0 Å². The summed E-state index contributed by atoms with van der Waals surface area (Å²) in [6.07, 6.45) is 4.76. The molecule has 0 unspecified atom stereocenters. The average Bonchev–Trinajstić information content (AvgIpc) is 2.62. The molecular weight excluding hydrogens is 473 g/mol. The minimum Gasteiger partial charge on any atom is -0.351 e. The van der Waals surface area contributed by atoms with Gasteiger partial charge < -0.3 is 5.73 Å². The van der Waals surface area contributed by atoms with Gasteiger partial charge in [-0.05, 0) is 37.1 Å². The molecule has 8 heteroatoms. The maximum Gasteiger partial charge on any atom is 0.318 e. The van der Waals surface area contributed by atoms with Crippen molar-refractivity contribution < 1.29 is 29.1 Å². The van der Waals surface area contributed by atoms with E-state index in [2.05, 4.69) is 25.9 Å². The van der Waals surface area contributed by atoms with Crippen molar-refractivity contribution in [1.82, 2.24) is 15.3 Å². The number of aromatic nitrogens is 2. The first kappa shape index (κ1) is 23.3. The van der Waals surface area contributed by atoms with Crippen molar-refractivity contribution in [3.8, 4) is 11.4 Å². The molecule has 0 bridgehead atoms. The van der Waals surface area contributed by atoms with Crippen LogP contribution >= 0.6 is 15.9 Å². The number of rotatable bonds is 4. The molecule has 2 aromatic rings. The summed E-state index contributed by atoms with van der Waals surface area (Å²) in [5.41, 5.74) is 6.64. The molecule has 6 nitrogen and oxygen atoms in total. The fourth-order valence-corrected chi connectivity index (χ4v) is 1.92. The van der Waals surface area contributed by atoms with Crippen LogP contribution in [0.15, 0.2) is 48.8 Å². The number of amides is 3. The Morgan fingerprint density at radius 2 is 1.48 bits per heavy atom. The fraction of sp³-hybridized carbons (Fsp3) is 0.294. The number of imide groups is 1. The topological polar surface area (TPSA) is 98.0 Å². The summed E-state index contributed by atoms with van der Waals surface area (Å²) in [5, 5.41) is 2.04. The molecule has 0 atom stereocenters. The predicted octanol–water partition coefficient (Wildman–Crippen LogP) is 3.28. The van der Waals surface area contributed by atoms with E-state index in [4.69, 9.17) is 5.73 Å². The molecule has 0 aliphatic heterocycles. The number of nitrogens with one attached hydrogen (secondary N) is 1. The number of urea groups is 1. The third kappa shape index (κ3) is 7.84. The Morgan fingerprint density at radius 1 is 1.04 bits per heavy atom. The minimum atomic E-state index is -0.814. The third-order valence-corrected chi connectivity index (χ3v) is 4.84. The normalized spacial score (nSPS) is 9.88. The smallest absolute Gasteiger partial charge is 0.318 e. The molecule has 0 saturated heterocycles. The van der Waals surface area contributed by atoms with Crippen molar-refractivity contribution in [1.29, 1.82) is 0 Å². The molecule has 0 saturated carbocycles. The molecule has 0 aliphatic rings. The van der Waals surface area contributed by atoms with Crippen LogP contribution in [-0.4, -0.2) is 26.2 Å². The van der Waals surface area contributed by atoms with Crippen LogP contribution in [-0.2, 0) is 24.3 Å². The maximum absolute atomic E-state index is 11.3. The molecule has 2 rings (SSSR count). The summed E-state index contributed by atoms with van der Waals surface area (Å²) in [6, 6.07) is 10.8. The molecule has 2 heterocycles. The van der Waals surface area contributed by atoms with Gasteiger partial charge in [-0.3, -0.25) is 20.1 Å². The molecule has 136 valence electrons. The molecule has 0 aromatic carbocycles. The number of nitrogens with two attached hydrogens (primary N) is 1. The quantitative estimate of drug-likeness (QED) is 0.504. The van der Waals surface area contributed by atoms with Crippen molar-refractivity contribution >= 4 is 27.9 Å². The second-order valence-corrected chi connectivity index (χ2v) is 6.44. The first-order chi connectivity index (χ1) is 11.4. The Morgan fingerprint density at radius 3 is 1.76 bits per heavy atom. The van der Waals surface area contributed by atoms with E-state index in [-0.39, 0.29) is 25.4 Å². The van der Waals surface area contributed by atoms with Gasteiger partial charge in [0.25, 0.3) is 0 Å². The van der Waals surface area contributed by atoms with E-state index in [1.165, 1.54) is 0 Å². The summed E-state index contributed by atoms with van der Waals surface area (Å²) >= 11 is 3.26. The molecule has 0 aliphatic carbocycles. The van der Waals surface area contributed by atoms with Gasteiger partial charge in [-0.25, -0.2) is 4.79 Å². The number of halogens is 1. The number of pyridine rings is 2. The zero-order valence-electron chi connectivity index (χ0n) is 14.1. The molecule has 2 aromatic heterocycles. The summed E-state index contributed by atoms with van der Waals surface area (Å²) < 4.78 is -0.665. The first-order valence-corrected chi connectivity index (χ1v) is 8.34. The van der Waals surface area contributed by atoms with Crippen LogP contribution in [0.3, 0.4) is 0 Å². The van der Waals surface area contributed by atoms with E-state index in [1.54, 1.807) is 12.4 Å². The predicted molar refractivity (Wildman–Crippen MR) is 97.4 cm³/mol. The van der Waals surface area contributed by atoms with Gasteiger partial charge in [0, 0.05) is 31.9 Å². The van der Waals surface area contributed by atoms with Gasteiger partial charge in [0.1, 0.15) is 4.32 Å². The molecule has 25 heavy (non-hydrogen) atoms. The fourth-order valence-electron chi connectivity index (χ4n) is 1.82. The average molecular weight is 494 g/mol. The second-order valence-electron chi connectivity index (χ2n) is 4.92. The van der Waals surface area contributed by atoms with Gasteiger partial charge in [-0.2, -0.15) is 0 Å². The van der Waals surface area contributed by atoms with E-state index in [0.29, 0.717) is 12.8 Å². The largest absolute Gasteiger partial charge is 0.351 e. The van der Waals surface area contributed by atoms with Crippen LogP contribution in [0, 0.1) is 0 Å². The van der Waals surface area contributed by atoms with Gasteiger partial charge in [0.05, 0.1) is 11.4 Å². The van der Waals surface area contributed by atoms with E-state index < -0.39 is 10.4 Å². The number of primary amides is 1. The Kier molecular flexibility index (Phi) is 11.0. The van der Waals surface area contributed by atoms with Crippen LogP contribution in [0.25, 0.3) is 11.4 Å². The van der Waals surface area contributed by atoms with Crippen LogP contribution in [0.1, 0.15) is 26.7 Å². The number of carbonyl (C=O) groups is 2.